The van der Waals surface area contributed by atoms with Gasteiger partial charge in [-0.3, -0.25) is 10.1 Å². The first kappa shape index (κ1) is 17.2. The van der Waals surface area contributed by atoms with E-state index >= 15 is 0 Å². The molecule has 0 aliphatic heterocycles. The maximum atomic E-state index is 10.8. The SMILES string of the molecule is COc1cc(N(C)C)ccc1N=Nc1ccc([N+](=O)[O-])cc1OC. The second kappa shape index (κ2) is 7.40. The third-order valence-electron chi connectivity index (χ3n) is 3.32. The van der Waals surface area contributed by atoms with Gasteiger partial charge in [0.25, 0.3) is 5.69 Å². The summed E-state index contributed by atoms with van der Waals surface area (Å²) < 4.78 is 10.5. The lowest BCUT2D eigenvalue weighted by Crippen LogP contribution is -2.08. The van der Waals surface area contributed by atoms with Crippen molar-refractivity contribution in [3.8, 4) is 11.5 Å². The summed E-state index contributed by atoms with van der Waals surface area (Å²) in [6, 6.07) is 9.67. The zero-order chi connectivity index (χ0) is 17.7. The Balaban J connectivity index is 2.35. The third-order valence-corrected chi connectivity index (χ3v) is 3.32. The van der Waals surface area contributed by atoms with Crippen LogP contribution in [0.15, 0.2) is 46.6 Å². The lowest BCUT2D eigenvalue weighted by Gasteiger charge is -2.14. The fourth-order valence-corrected chi connectivity index (χ4v) is 2.00. The Morgan fingerprint density at radius 1 is 0.958 bits per heavy atom. The highest BCUT2D eigenvalue weighted by molar-refractivity contribution is 5.62. The molecule has 0 N–H and O–H groups in total. The number of anilines is 1. The molecule has 0 bridgehead atoms. The van der Waals surface area contributed by atoms with Crippen molar-refractivity contribution < 1.29 is 14.4 Å². The van der Waals surface area contributed by atoms with E-state index in [0.717, 1.165) is 5.69 Å². The molecule has 0 saturated carbocycles. The maximum absolute atomic E-state index is 10.8. The van der Waals surface area contributed by atoms with Gasteiger partial charge in [-0.15, -0.1) is 10.2 Å². The Morgan fingerprint density at radius 3 is 2.00 bits per heavy atom. The van der Waals surface area contributed by atoms with E-state index in [1.807, 2.05) is 31.1 Å². The van der Waals surface area contributed by atoms with Crippen LogP contribution in [0, 0.1) is 10.1 Å². The van der Waals surface area contributed by atoms with Crippen molar-refractivity contribution in [3.05, 3.63) is 46.5 Å². The van der Waals surface area contributed by atoms with E-state index in [0.29, 0.717) is 17.1 Å². The van der Waals surface area contributed by atoms with Gasteiger partial charge < -0.3 is 14.4 Å². The summed E-state index contributed by atoms with van der Waals surface area (Å²) in [4.78, 5) is 12.3. The van der Waals surface area contributed by atoms with Crippen molar-refractivity contribution >= 4 is 22.7 Å². The highest BCUT2D eigenvalue weighted by atomic mass is 16.6. The van der Waals surface area contributed by atoms with Crippen LogP contribution in [-0.2, 0) is 0 Å². The molecule has 0 heterocycles. The number of rotatable bonds is 6. The molecule has 0 spiro atoms. The first-order valence-electron chi connectivity index (χ1n) is 7.05. The number of benzene rings is 2. The Morgan fingerprint density at radius 2 is 1.50 bits per heavy atom. The molecule has 2 aromatic carbocycles. The number of nitrogens with zero attached hydrogens (tertiary/aromatic N) is 4. The predicted octanol–water partition coefficient (Wildman–Crippen LogP) is 4.09. The molecule has 0 amide bonds. The van der Waals surface area contributed by atoms with Gasteiger partial charge in [-0.1, -0.05) is 0 Å². The first-order chi connectivity index (χ1) is 11.5. The largest absolute Gasteiger partial charge is 0.494 e. The first-order valence-corrected chi connectivity index (χ1v) is 7.05. The quantitative estimate of drug-likeness (QED) is 0.452. The normalized spacial score (nSPS) is 10.7. The number of azo groups is 1. The van der Waals surface area contributed by atoms with Crippen molar-refractivity contribution in [1.82, 2.24) is 0 Å². The summed E-state index contributed by atoms with van der Waals surface area (Å²) in [5.74, 6) is 0.850. The molecule has 24 heavy (non-hydrogen) atoms. The summed E-state index contributed by atoms with van der Waals surface area (Å²) in [7, 11) is 6.83. The number of ether oxygens (including phenoxy) is 2. The summed E-state index contributed by atoms with van der Waals surface area (Å²) >= 11 is 0. The van der Waals surface area contributed by atoms with Crippen molar-refractivity contribution in [2.75, 3.05) is 33.2 Å². The molecule has 0 unspecified atom stereocenters. The number of hydrogen-bond acceptors (Lipinski definition) is 7. The van der Waals surface area contributed by atoms with Crippen molar-refractivity contribution in [3.63, 3.8) is 0 Å². The fourth-order valence-electron chi connectivity index (χ4n) is 2.00. The molecule has 0 saturated heterocycles. The predicted molar refractivity (Wildman–Crippen MR) is 91.1 cm³/mol. The van der Waals surface area contributed by atoms with Crippen molar-refractivity contribution in [2.24, 2.45) is 10.2 Å². The zero-order valence-corrected chi connectivity index (χ0v) is 13.9. The summed E-state index contributed by atoms with van der Waals surface area (Å²) in [6.45, 7) is 0. The van der Waals surface area contributed by atoms with Crippen LogP contribution in [0.1, 0.15) is 0 Å². The topological polar surface area (TPSA) is 89.6 Å². The smallest absolute Gasteiger partial charge is 0.273 e. The zero-order valence-electron chi connectivity index (χ0n) is 13.9. The highest BCUT2D eigenvalue weighted by Gasteiger charge is 2.11. The minimum absolute atomic E-state index is 0.0706. The van der Waals surface area contributed by atoms with Crippen LogP contribution in [0.5, 0.6) is 11.5 Å². The van der Waals surface area contributed by atoms with Gasteiger partial charge in [-0.05, 0) is 18.2 Å². The summed E-state index contributed by atoms with van der Waals surface area (Å²) in [6.07, 6.45) is 0. The Bertz CT molecular complexity index is 775. The summed E-state index contributed by atoms with van der Waals surface area (Å²) in [5.41, 5.74) is 1.84. The van der Waals surface area contributed by atoms with E-state index in [1.165, 1.54) is 25.3 Å². The van der Waals surface area contributed by atoms with E-state index in [1.54, 1.807) is 13.2 Å². The Hall–Kier alpha value is -3.16. The van der Waals surface area contributed by atoms with E-state index in [-0.39, 0.29) is 11.4 Å². The van der Waals surface area contributed by atoms with Crippen LogP contribution in [0.4, 0.5) is 22.7 Å². The van der Waals surface area contributed by atoms with E-state index in [2.05, 4.69) is 10.2 Å². The molecule has 0 fully saturated rings. The van der Waals surface area contributed by atoms with Gasteiger partial charge in [0.2, 0.25) is 0 Å². The second-order valence-corrected chi connectivity index (χ2v) is 5.06. The van der Waals surface area contributed by atoms with Crippen LogP contribution in [-0.4, -0.2) is 33.2 Å². The fraction of sp³-hybridized carbons (Fsp3) is 0.250. The van der Waals surface area contributed by atoms with Gasteiger partial charge in [-0.2, -0.15) is 0 Å². The minimum Gasteiger partial charge on any atom is -0.494 e. The van der Waals surface area contributed by atoms with Gasteiger partial charge in [0.05, 0.1) is 25.2 Å². The van der Waals surface area contributed by atoms with Crippen LogP contribution >= 0.6 is 0 Å². The number of methoxy groups -OCH3 is 2. The minimum atomic E-state index is -0.494. The van der Waals surface area contributed by atoms with Gasteiger partial charge in [-0.25, -0.2) is 0 Å². The Labute approximate surface area is 139 Å². The molecule has 0 aliphatic carbocycles. The monoisotopic (exact) mass is 330 g/mol. The second-order valence-electron chi connectivity index (χ2n) is 5.06. The van der Waals surface area contributed by atoms with Gasteiger partial charge in [0, 0.05) is 31.9 Å². The lowest BCUT2D eigenvalue weighted by molar-refractivity contribution is -0.384. The molecule has 0 radical (unpaired) electrons. The number of non-ortho nitro benzene ring substituents is 1. The van der Waals surface area contributed by atoms with E-state index < -0.39 is 4.92 Å². The van der Waals surface area contributed by atoms with Crippen molar-refractivity contribution in [2.45, 2.75) is 0 Å². The molecule has 8 heteroatoms. The molecular weight excluding hydrogens is 312 g/mol. The Kier molecular flexibility index (Phi) is 5.31. The average Bonchev–Trinajstić information content (AvgIpc) is 2.59. The van der Waals surface area contributed by atoms with Crippen LogP contribution in [0.25, 0.3) is 0 Å². The molecule has 0 atom stereocenters. The van der Waals surface area contributed by atoms with Crippen molar-refractivity contribution in [1.29, 1.82) is 0 Å². The molecule has 126 valence electrons. The number of nitro groups is 1. The average molecular weight is 330 g/mol. The van der Waals surface area contributed by atoms with Gasteiger partial charge in [0.15, 0.2) is 5.75 Å². The number of hydrogen-bond donors (Lipinski definition) is 0. The van der Waals surface area contributed by atoms with E-state index in [4.69, 9.17) is 9.47 Å². The molecule has 8 nitrogen and oxygen atoms in total. The molecule has 0 aliphatic rings. The lowest BCUT2D eigenvalue weighted by atomic mass is 10.2. The molecule has 2 aromatic rings. The molecule has 2 rings (SSSR count). The highest BCUT2D eigenvalue weighted by Crippen LogP contribution is 2.36. The van der Waals surface area contributed by atoms with Gasteiger partial charge >= 0.3 is 0 Å². The summed E-state index contributed by atoms with van der Waals surface area (Å²) in [5, 5.41) is 19.1. The van der Waals surface area contributed by atoms with Crippen LogP contribution in [0.2, 0.25) is 0 Å². The standard InChI is InChI=1S/C16H18N4O4/c1-19(2)11-5-7-13(15(9-11)23-3)17-18-14-8-6-12(20(21)22)10-16(14)24-4/h5-10H,1-4H3. The number of nitro benzene ring substituents is 1. The van der Waals surface area contributed by atoms with E-state index in [9.17, 15) is 10.1 Å². The molecule has 0 aromatic heterocycles. The van der Waals surface area contributed by atoms with Crippen LogP contribution in [0.3, 0.4) is 0 Å². The molecular formula is C16H18N4O4. The van der Waals surface area contributed by atoms with Gasteiger partial charge in [0.1, 0.15) is 17.1 Å². The third kappa shape index (κ3) is 3.78. The van der Waals surface area contributed by atoms with Crippen LogP contribution < -0.4 is 14.4 Å². The maximum Gasteiger partial charge on any atom is 0.273 e.